The first kappa shape index (κ1) is 20.8. The summed E-state index contributed by atoms with van der Waals surface area (Å²) in [5, 5.41) is 4.28. The Balaban J connectivity index is 0.00000288. The van der Waals surface area contributed by atoms with Crippen molar-refractivity contribution in [2.75, 3.05) is 7.11 Å². The molecular weight excluding hydrogens is 462 g/mol. The summed E-state index contributed by atoms with van der Waals surface area (Å²) in [6.07, 6.45) is 1.64. The number of nitrogens with two attached hydrogens (primary N) is 1. The Kier molecular flexibility index (Phi) is 8.58. The van der Waals surface area contributed by atoms with Gasteiger partial charge < -0.3 is 15.8 Å². The maximum Gasteiger partial charge on any atom is 0.189 e. The molecule has 24 heavy (non-hydrogen) atoms. The van der Waals surface area contributed by atoms with Crippen LogP contribution in [-0.2, 0) is 6.54 Å². The fourth-order valence-electron chi connectivity index (χ4n) is 1.99. The van der Waals surface area contributed by atoms with E-state index in [2.05, 4.69) is 15.3 Å². The molecule has 3 N–H and O–H groups in total. The molecule has 0 spiro atoms. The SMILES string of the molecule is COc1ccc(CN=C(N)NC(C)c2ccc(Cl)cc2Cl)nc1.I. The van der Waals surface area contributed by atoms with Crippen LogP contribution in [0.4, 0.5) is 0 Å². The van der Waals surface area contributed by atoms with Gasteiger partial charge in [0.05, 0.1) is 31.6 Å². The monoisotopic (exact) mass is 480 g/mol. The molecule has 1 aromatic carbocycles. The third-order valence-electron chi connectivity index (χ3n) is 3.24. The highest BCUT2D eigenvalue weighted by atomic mass is 127. The third kappa shape index (κ3) is 5.99. The molecule has 1 aromatic heterocycles. The molecule has 5 nitrogen and oxygen atoms in total. The van der Waals surface area contributed by atoms with Crippen molar-refractivity contribution in [3.8, 4) is 5.75 Å². The number of aromatic nitrogens is 1. The van der Waals surface area contributed by atoms with Crippen LogP contribution in [0.15, 0.2) is 41.5 Å². The predicted octanol–water partition coefficient (Wildman–Crippen LogP) is 4.18. The van der Waals surface area contributed by atoms with Gasteiger partial charge in [-0.1, -0.05) is 29.3 Å². The van der Waals surface area contributed by atoms with Gasteiger partial charge in [0.2, 0.25) is 0 Å². The molecule has 2 aromatic rings. The molecule has 0 amide bonds. The number of methoxy groups -OCH3 is 1. The summed E-state index contributed by atoms with van der Waals surface area (Å²) in [6, 6.07) is 8.93. The lowest BCUT2D eigenvalue weighted by Crippen LogP contribution is -2.34. The molecule has 2 rings (SSSR count). The summed E-state index contributed by atoms with van der Waals surface area (Å²) >= 11 is 12.1. The fraction of sp³-hybridized carbons (Fsp3) is 0.250. The summed E-state index contributed by atoms with van der Waals surface area (Å²) < 4.78 is 5.06. The van der Waals surface area contributed by atoms with Crippen LogP contribution in [0.1, 0.15) is 24.2 Å². The lowest BCUT2D eigenvalue weighted by molar-refractivity contribution is 0.412. The van der Waals surface area contributed by atoms with Crippen molar-refractivity contribution in [3.63, 3.8) is 0 Å². The van der Waals surface area contributed by atoms with Gasteiger partial charge in [0.1, 0.15) is 5.75 Å². The Morgan fingerprint density at radius 2 is 2.08 bits per heavy atom. The lowest BCUT2D eigenvalue weighted by atomic mass is 10.1. The second-order valence-electron chi connectivity index (χ2n) is 4.92. The zero-order chi connectivity index (χ0) is 16.8. The van der Waals surface area contributed by atoms with Crippen molar-refractivity contribution in [2.24, 2.45) is 10.7 Å². The highest BCUT2D eigenvalue weighted by Gasteiger charge is 2.10. The van der Waals surface area contributed by atoms with Crippen LogP contribution in [0, 0.1) is 0 Å². The van der Waals surface area contributed by atoms with Crippen molar-refractivity contribution in [3.05, 3.63) is 57.8 Å². The van der Waals surface area contributed by atoms with Crippen LogP contribution in [0.2, 0.25) is 10.0 Å². The number of hydrogen-bond acceptors (Lipinski definition) is 3. The average molecular weight is 481 g/mol. The minimum atomic E-state index is -0.0904. The van der Waals surface area contributed by atoms with Gasteiger partial charge in [0, 0.05) is 10.0 Å². The lowest BCUT2D eigenvalue weighted by Gasteiger charge is -2.16. The van der Waals surface area contributed by atoms with Crippen LogP contribution in [-0.4, -0.2) is 18.1 Å². The molecule has 0 aliphatic rings. The molecule has 1 heterocycles. The average Bonchev–Trinajstić information content (AvgIpc) is 2.53. The van der Waals surface area contributed by atoms with Crippen molar-refractivity contribution in [1.82, 2.24) is 10.3 Å². The Hall–Kier alpha value is -1.25. The van der Waals surface area contributed by atoms with Gasteiger partial charge in [-0.25, -0.2) is 4.99 Å². The van der Waals surface area contributed by atoms with E-state index in [1.54, 1.807) is 25.4 Å². The Morgan fingerprint density at radius 3 is 2.67 bits per heavy atom. The van der Waals surface area contributed by atoms with Crippen LogP contribution < -0.4 is 15.8 Å². The van der Waals surface area contributed by atoms with Crippen LogP contribution in [0.5, 0.6) is 5.75 Å². The number of nitrogens with one attached hydrogen (secondary N) is 1. The highest BCUT2D eigenvalue weighted by Crippen LogP contribution is 2.25. The number of nitrogens with zero attached hydrogens (tertiary/aromatic N) is 2. The van der Waals surface area contributed by atoms with Crippen molar-refractivity contribution in [1.29, 1.82) is 0 Å². The molecule has 0 bridgehead atoms. The number of ether oxygens (including phenoxy) is 1. The first-order chi connectivity index (χ1) is 11.0. The maximum atomic E-state index is 6.18. The van der Waals surface area contributed by atoms with Gasteiger partial charge in [-0.3, -0.25) is 4.98 Å². The van der Waals surface area contributed by atoms with Gasteiger partial charge >= 0.3 is 0 Å². The number of halogens is 3. The largest absolute Gasteiger partial charge is 0.495 e. The van der Waals surface area contributed by atoms with E-state index in [-0.39, 0.29) is 30.0 Å². The predicted molar refractivity (Wildman–Crippen MR) is 110 cm³/mol. The molecule has 0 saturated carbocycles. The molecule has 0 fully saturated rings. The standard InChI is InChI=1S/C16H18Cl2N4O.HI/c1-10(14-6-3-11(17)7-15(14)18)22-16(19)21-8-12-4-5-13(23-2)9-20-12;/h3-7,9-10H,8H2,1-2H3,(H3,19,21,22);1H. The second-order valence-corrected chi connectivity index (χ2v) is 5.77. The van der Waals surface area contributed by atoms with E-state index in [1.807, 2.05) is 25.1 Å². The zero-order valence-electron chi connectivity index (χ0n) is 13.3. The van der Waals surface area contributed by atoms with Gasteiger partial charge in [0.15, 0.2) is 5.96 Å². The minimum Gasteiger partial charge on any atom is -0.495 e. The number of guanidine groups is 1. The summed E-state index contributed by atoms with van der Waals surface area (Å²) in [7, 11) is 1.60. The number of rotatable bonds is 5. The molecule has 0 aliphatic carbocycles. The van der Waals surface area contributed by atoms with Crippen molar-refractivity contribution in [2.45, 2.75) is 19.5 Å². The Labute approximate surface area is 168 Å². The van der Waals surface area contributed by atoms with E-state index in [4.69, 9.17) is 33.7 Å². The molecule has 130 valence electrons. The van der Waals surface area contributed by atoms with E-state index < -0.39 is 0 Å². The van der Waals surface area contributed by atoms with Gasteiger partial charge in [-0.05, 0) is 36.8 Å². The quantitative estimate of drug-likeness (QED) is 0.382. The van der Waals surface area contributed by atoms with E-state index in [0.29, 0.717) is 28.3 Å². The first-order valence-electron chi connectivity index (χ1n) is 7.00. The molecule has 0 aliphatic heterocycles. The topological polar surface area (TPSA) is 72.5 Å². The van der Waals surface area contributed by atoms with Crippen LogP contribution in [0.3, 0.4) is 0 Å². The van der Waals surface area contributed by atoms with E-state index in [1.165, 1.54) is 0 Å². The number of hydrogen-bond donors (Lipinski definition) is 2. The molecule has 1 unspecified atom stereocenters. The summed E-state index contributed by atoms with van der Waals surface area (Å²) in [4.78, 5) is 8.50. The van der Waals surface area contributed by atoms with Gasteiger partial charge in [-0.2, -0.15) is 0 Å². The Bertz CT molecular complexity index is 695. The van der Waals surface area contributed by atoms with Gasteiger partial charge in [-0.15, -0.1) is 24.0 Å². The third-order valence-corrected chi connectivity index (χ3v) is 3.80. The molecular formula is C16H19Cl2IN4O. The number of aliphatic imine (C=N–C) groups is 1. The van der Waals surface area contributed by atoms with E-state index in [0.717, 1.165) is 11.3 Å². The van der Waals surface area contributed by atoms with Crippen molar-refractivity contribution < 1.29 is 4.74 Å². The molecule has 0 saturated heterocycles. The molecule has 8 heteroatoms. The number of pyridine rings is 1. The zero-order valence-corrected chi connectivity index (χ0v) is 17.1. The summed E-state index contributed by atoms with van der Waals surface area (Å²) in [5.41, 5.74) is 7.61. The summed E-state index contributed by atoms with van der Waals surface area (Å²) in [5.74, 6) is 1.02. The van der Waals surface area contributed by atoms with E-state index >= 15 is 0 Å². The van der Waals surface area contributed by atoms with Crippen LogP contribution >= 0.6 is 47.2 Å². The molecule has 0 radical (unpaired) electrons. The van der Waals surface area contributed by atoms with E-state index in [9.17, 15) is 0 Å². The summed E-state index contributed by atoms with van der Waals surface area (Å²) in [6.45, 7) is 2.33. The normalized spacial score (nSPS) is 12.2. The second kappa shape index (κ2) is 9.90. The Morgan fingerprint density at radius 1 is 1.33 bits per heavy atom. The maximum absolute atomic E-state index is 6.18. The highest BCUT2D eigenvalue weighted by molar-refractivity contribution is 14.0. The van der Waals surface area contributed by atoms with Crippen LogP contribution in [0.25, 0.3) is 0 Å². The fourth-order valence-corrected chi connectivity index (χ4v) is 2.56. The smallest absolute Gasteiger partial charge is 0.189 e. The van der Waals surface area contributed by atoms with Gasteiger partial charge in [0.25, 0.3) is 0 Å². The molecule has 1 atom stereocenters. The first-order valence-corrected chi connectivity index (χ1v) is 7.75. The number of benzene rings is 1. The minimum absolute atomic E-state index is 0. The van der Waals surface area contributed by atoms with Crippen molar-refractivity contribution >= 4 is 53.1 Å².